The second-order valence-corrected chi connectivity index (χ2v) is 6.84. The highest BCUT2D eigenvalue weighted by Crippen LogP contribution is 2.07. The zero-order valence-electron chi connectivity index (χ0n) is 15.9. The lowest BCUT2D eigenvalue weighted by molar-refractivity contribution is 0.0827. The smallest absolute Gasteiger partial charge is 0.253 e. The van der Waals surface area contributed by atoms with Gasteiger partial charge in [0.1, 0.15) is 0 Å². The molecule has 0 heterocycles. The van der Waals surface area contributed by atoms with E-state index in [1.165, 1.54) is 6.42 Å². The van der Waals surface area contributed by atoms with Crippen molar-refractivity contribution >= 4 is 11.9 Å². The van der Waals surface area contributed by atoms with Gasteiger partial charge in [0, 0.05) is 39.3 Å². The van der Waals surface area contributed by atoms with Gasteiger partial charge < -0.3 is 15.5 Å². The molecule has 0 spiro atoms. The van der Waals surface area contributed by atoms with Crippen molar-refractivity contribution in [2.45, 2.75) is 46.2 Å². The van der Waals surface area contributed by atoms with Crippen molar-refractivity contribution in [1.29, 1.82) is 0 Å². The first-order valence-corrected chi connectivity index (χ1v) is 8.61. The SMILES string of the molecule is CN=C(NCc1ccc(C(=O)N(C)C)cc1)NC(C)CCC(C)C. The van der Waals surface area contributed by atoms with Gasteiger partial charge in [0.2, 0.25) is 0 Å². The van der Waals surface area contributed by atoms with Crippen LogP contribution in [0.2, 0.25) is 0 Å². The molecule has 0 aliphatic carbocycles. The second-order valence-electron chi connectivity index (χ2n) is 6.84. The quantitative estimate of drug-likeness (QED) is 0.596. The summed E-state index contributed by atoms with van der Waals surface area (Å²) in [5, 5.41) is 6.73. The van der Waals surface area contributed by atoms with E-state index >= 15 is 0 Å². The van der Waals surface area contributed by atoms with Crippen LogP contribution in [0.1, 0.15) is 49.5 Å². The summed E-state index contributed by atoms with van der Waals surface area (Å²) in [5.74, 6) is 1.54. The van der Waals surface area contributed by atoms with Crippen LogP contribution in [0.25, 0.3) is 0 Å². The number of carbonyl (C=O) groups excluding carboxylic acids is 1. The summed E-state index contributed by atoms with van der Waals surface area (Å²) in [5.41, 5.74) is 1.82. The summed E-state index contributed by atoms with van der Waals surface area (Å²) >= 11 is 0. The molecule has 134 valence electrons. The van der Waals surface area contributed by atoms with E-state index in [0.29, 0.717) is 24.1 Å². The molecule has 1 atom stereocenters. The molecule has 5 nitrogen and oxygen atoms in total. The third kappa shape index (κ3) is 7.02. The lowest BCUT2D eigenvalue weighted by Gasteiger charge is -2.19. The van der Waals surface area contributed by atoms with Crippen LogP contribution in [0.5, 0.6) is 0 Å². The minimum Gasteiger partial charge on any atom is -0.354 e. The molecule has 0 aliphatic heterocycles. The van der Waals surface area contributed by atoms with Crippen molar-refractivity contribution in [3.63, 3.8) is 0 Å². The van der Waals surface area contributed by atoms with Crippen LogP contribution >= 0.6 is 0 Å². The Morgan fingerprint density at radius 1 is 1.12 bits per heavy atom. The van der Waals surface area contributed by atoms with Gasteiger partial charge in [-0.25, -0.2) is 0 Å². The molecule has 0 aliphatic rings. The molecule has 2 N–H and O–H groups in total. The largest absolute Gasteiger partial charge is 0.354 e. The molecule has 1 rings (SSSR count). The maximum Gasteiger partial charge on any atom is 0.253 e. The Morgan fingerprint density at radius 2 is 1.75 bits per heavy atom. The minimum absolute atomic E-state index is 0.0194. The summed E-state index contributed by atoms with van der Waals surface area (Å²) in [6, 6.07) is 8.05. The minimum atomic E-state index is 0.0194. The Labute approximate surface area is 146 Å². The first-order chi connectivity index (χ1) is 11.3. The van der Waals surface area contributed by atoms with Crippen molar-refractivity contribution in [2.75, 3.05) is 21.1 Å². The van der Waals surface area contributed by atoms with Crippen LogP contribution < -0.4 is 10.6 Å². The van der Waals surface area contributed by atoms with Gasteiger partial charge in [-0.05, 0) is 43.4 Å². The Morgan fingerprint density at radius 3 is 2.25 bits per heavy atom. The Kier molecular flexibility index (Phi) is 8.30. The van der Waals surface area contributed by atoms with Crippen molar-refractivity contribution in [3.8, 4) is 0 Å². The lowest BCUT2D eigenvalue weighted by Crippen LogP contribution is -2.41. The van der Waals surface area contributed by atoms with Crippen LogP contribution in [-0.2, 0) is 6.54 Å². The van der Waals surface area contributed by atoms with Gasteiger partial charge in [0.15, 0.2) is 5.96 Å². The van der Waals surface area contributed by atoms with Crippen molar-refractivity contribution in [2.24, 2.45) is 10.9 Å². The van der Waals surface area contributed by atoms with Crippen LogP contribution in [-0.4, -0.2) is 44.0 Å². The fourth-order valence-corrected chi connectivity index (χ4v) is 2.29. The predicted molar refractivity (Wildman–Crippen MR) is 101 cm³/mol. The van der Waals surface area contributed by atoms with Crippen molar-refractivity contribution < 1.29 is 4.79 Å². The van der Waals surface area contributed by atoms with E-state index in [1.807, 2.05) is 24.3 Å². The van der Waals surface area contributed by atoms with Crippen LogP contribution in [0.3, 0.4) is 0 Å². The van der Waals surface area contributed by atoms with E-state index in [0.717, 1.165) is 17.9 Å². The molecule has 1 unspecified atom stereocenters. The van der Waals surface area contributed by atoms with Gasteiger partial charge >= 0.3 is 0 Å². The number of aliphatic imine (C=N–C) groups is 1. The first-order valence-electron chi connectivity index (χ1n) is 8.61. The third-order valence-electron chi connectivity index (χ3n) is 3.85. The molecular weight excluding hydrogens is 300 g/mol. The summed E-state index contributed by atoms with van der Waals surface area (Å²) in [4.78, 5) is 17.7. The van der Waals surface area contributed by atoms with Gasteiger partial charge in [-0.1, -0.05) is 26.0 Å². The van der Waals surface area contributed by atoms with Crippen LogP contribution in [0.4, 0.5) is 0 Å². The molecule has 0 fully saturated rings. The van der Waals surface area contributed by atoms with Gasteiger partial charge in [-0.2, -0.15) is 0 Å². The number of rotatable bonds is 7. The molecule has 24 heavy (non-hydrogen) atoms. The fourth-order valence-electron chi connectivity index (χ4n) is 2.29. The fraction of sp³-hybridized carbons (Fsp3) is 0.579. The van der Waals surface area contributed by atoms with E-state index < -0.39 is 0 Å². The number of amides is 1. The average molecular weight is 332 g/mol. The maximum atomic E-state index is 11.9. The molecule has 1 aromatic carbocycles. The third-order valence-corrected chi connectivity index (χ3v) is 3.85. The van der Waals surface area contributed by atoms with E-state index in [2.05, 4.69) is 36.4 Å². The number of nitrogens with zero attached hydrogens (tertiary/aromatic N) is 2. The predicted octanol–water partition coefficient (Wildman–Crippen LogP) is 2.88. The molecule has 0 bridgehead atoms. The first kappa shape index (κ1) is 20.0. The van der Waals surface area contributed by atoms with Crippen LogP contribution in [0.15, 0.2) is 29.3 Å². The lowest BCUT2D eigenvalue weighted by atomic mass is 10.0. The maximum absolute atomic E-state index is 11.9. The average Bonchev–Trinajstić information content (AvgIpc) is 2.56. The standard InChI is InChI=1S/C19H32N4O/c1-14(2)7-8-15(3)22-19(20-4)21-13-16-9-11-17(12-10-16)18(24)23(5)6/h9-12,14-15H,7-8,13H2,1-6H3,(H2,20,21,22). The summed E-state index contributed by atoms with van der Waals surface area (Å²) in [6.07, 6.45) is 2.33. The highest BCUT2D eigenvalue weighted by atomic mass is 16.2. The van der Waals surface area contributed by atoms with E-state index in [4.69, 9.17) is 0 Å². The molecule has 0 saturated carbocycles. The molecule has 0 radical (unpaired) electrons. The second kappa shape index (κ2) is 9.96. The monoisotopic (exact) mass is 332 g/mol. The normalized spacial score (nSPS) is 12.9. The van der Waals surface area contributed by atoms with Crippen molar-refractivity contribution in [1.82, 2.24) is 15.5 Å². The molecule has 1 amide bonds. The summed E-state index contributed by atoms with van der Waals surface area (Å²) < 4.78 is 0. The summed E-state index contributed by atoms with van der Waals surface area (Å²) in [6.45, 7) is 7.33. The zero-order chi connectivity index (χ0) is 18.1. The highest BCUT2D eigenvalue weighted by Gasteiger charge is 2.08. The van der Waals surface area contributed by atoms with E-state index in [9.17, 15) is 4.79 Å². The zero-order valence-corrected chi connectivity index (χ0v) is 15.9. The van der Waals surface area contributed by atoms with Gasteiger partial charge in [0.05, 0.1) is 0 Å². The molecule has 5 heteroatoms. The number of carbonyl (C=O) groups is 1. The number of hydrogen-bond donors (Lipinski definition) is 2. The summed E-state index contributed by atoms with van der Waals surface area (Å²) in [7, 11) is 5.30. The number of guanidine groups is 1. The number of hydrogen-bond acceptors (Lipinski definition) is 2. The van der Waals surface area contributed by atoms with E-state index in [1.54, 1.807) is 26.0 Å². The molecule has 0 saturated heterocycles. The Hall–Kier alpha value is -2.04. The van der Waals surface area contributed by atoms with Gasteiger partial charge in [-0.3, -0.25) is 9.79 Å². The molecule has 1 aromatic rings. The van der Waals surface area contributed by atoms with Crippen molar-refractivity contribution in [3.05, 3.63) is 35.4 Å². The number of nitrogens with one attached hydrogen (secondary N) is 2. The molecular formula is C19H32N4O. The van der Waals surface area contributed by atoms with E-state index in [-0.39, 0.29) is 5.91 Å². The Bertz CT molecular complexity index is 535. The number of benzene rings is 1. The van der Waals surface area contributed by atoms with Gasteiger partial charge in [0.25, 0.3) is 5.91 Å². The van der Waals surface area contributed by atoms with Gasteiger partial charge in [-0.15, -0.1) is 0 Å². The topological polar surface area (TPSA) is 56.7 Å². The molecule has 0 aromatic heterocycles. The highest BCUT2D eigenvalue weighted by molar-refractivity contribution is 5.93. The Balaban J connectivity index is 2.50. The van der Waals surface area contributed by atoms with Crippen LogP contribution in [0, 0.1) is 5.92 Å².